The number of ketones is 1. The lowest BCUT2D eigenvalue weighted by atomic mass is 9.78. The van der Waals surface area contributed by atoms with Crippen LogP contribution in [0.5, 0.6) is 0 Å². The lowest BCUT2D eigenvalue weighted by Gasteiger charge is -2.39. The number of alkyl carbamates (subject to hydrolysis) is 1. The van der Waals surface area contributed by atoms with Gasteiger partial charge < -0.3 is 25.4 Å². The Bertz CT molecular complexity index is 1350. The predicted molar refractivity (Wildman–Crippen MR) is 176 cm³/mol. The van der Waals surface area contributed by atoms with E-state index < -0.39 is 17.2 Å². The summed E-state index contributed by atoms with van der Waals surface area (Å²) in [6.45, 7) is 6.45. The van der Waals surface area contributed by atoms with Crippen molar-refractivity contribution in [3.8, 4) is 0 Å². The van der Waals surface area contributed by atoms with Crippen LogP contribution in [0.25, 0.3) is 0 Å². The van der Waals surface area contributed by atoms with Crippen molar-refractivity contribution in [3.05, 3.63) is 88.4 Å². The van der Waals surface area contributed by atoms with E-state index in [0.717, 1.165) is 22.4 Å². The van der Waals surface area contributed by atoms with Crippen molar-refractivity contribution in [2.75, 3.05) is 13.1 Å². The number of ether oxygens (including phenoxy) is 2. The number of nitrogens with zero attached hydrogens (tertiary/aromatic N) is 2. The van der Waals surface area contributed by atoms with Crippen LogP contribution in [0.1, 0.15) is 68.9 Å². The summed E-state index contributed by atoms with van der Waals surface area (Å²) < 4.78 is 11.0. The zero-order valence-corrected chi connectivity index (χ0v) is 27.4. The number of aromatic nitrogens is 1. The Morgan fingerprint density at radius 2 is 1.60 bits per heavy atom. The van der Waals surface area contributed by atoms with E-state index in [1.807, 2.05) is 69.3 Å². The molecule has 1 aliphatic heterocycles. The number of nitrogens with one attached hydrogen (secondary N) is 1. The molecule has 0 unspecified atom stereocenters. The molecular weight excluding hydrogens is 588 g/mol. The molecule has 3 aromatic rings. The number of hydrogen-bond acceptors (Lipinski definition) is 8. The third kappa shape index (κ3) is 11.3. The highest BCUT2D eigenvalue weighted by Crippen LogP contribution is 2.28. The Labute approximate surface area is 270 Å². The van der Waals surface area contributed by atoms with E-state index in [9.17, 15) is 14.4 Å². The highest BCUT2D eigenvalue weighted by molar-refractivity contribution is 7.09. The van der Waals surface area contributed by atoms with Gasteiger partial charge in [-0.2, -0.15) is 0 Å². The molecule has 1 aliphatic rings. The van der Waals surface area contributed by atoms with Gasteiger partial charge in [-0.3, -0.25) is 9.78 Å². The molecule has 1 saturated heterocycles. The number of hydrogen-bond donors (Lipinski definition) is 2. The highest BCUT2D eigenvalue weighted by atomic mass is 32.1. The molecule has 45 heavy (non-hydrogen) atoms. The average Bonchev–Trinajstić information content (AvgIpc) is 3.53. The number of Topliss-reactive ketones (excluding diaryl/α,β-unsaturated/α-hetero) is 1. The number of benzene rings is 2. The fourth-order valence-corrected chi connectivity index (χ4v) is 6.11. The van der Waals surface area contributed by atoms with Crippen molar-refractivity contribution in [3.63, 3.8) is 0 Å². The van der Waals surface area contributed by atoms with E-state index in [-0.39, 0.29) is 30.4 Å². The van der Waals surface area contributed by atoms with Crippen molar-refractivity contribution in [1.29, 1.82) is 0 Å². The van der Waals surface area contributed by atoms with Crippen molar-refractivity contribution < 1.29 is 23.9 Å². The zero-order valence-electron chi connectivity index (χ0n) is 26.6. The third-order valence-electron chi connectivity index (χ3n) is 8.10. The Morgan fingerprint density at radius 3 is 2.18 bits per heavy atom. The van der Waals surface area contributed by atoms with Gasteiger partial charge in [0.1, 0.15) is 12.2 Å². The standard InChI is InChI=1S/C35H46N4O5S/c1-34(2,3)44-33(42)39-18-16-35(36,17-19-39)31(40)22-28(20-26-10-6-4-7-11-26)14-15-29(21-27-12-8-5-9-13-27)38-32(41)43-24-30-23-37-25-45-30/h4-13,23,25,28-29H,14-22,24,36H2,1-3H3,(H,38,41)/t28-,29-/m1/s1. The number of thiazole rings is 1. The number of amides is 2. The summed E-state index contributed by atoms with van der Waals surface area (Å²) >= 11 is 1.44. The van der Waals surface area contributed by atoms with Crippen LogP contribution in [0.15, 0.2) is 72.4 Å². The molecule has 4 rings (SSSR count). The first kappa shape index (κ1) is 34.1. The first-order valence-electron chi connectivity index (χ1n) is 15.7. The quantitative estimate of drug-likeness (QED) is 0.226. The topological polar surface area (TPSA) is 124 Å². The van der Waals surface area contributed by atoms with Crippen LogP contribution in [-0.4, -0.2) is 58.1 Å². The molecule has 3 N–H and O–H groups in total. The summed E-state index contributed by atoms with van der Waals surface area (Å²) in [5, 5.41) is 3.07. The molecule has 0 radical (unpaired) electrons. The van der Waals surface area contributed by atoms with Gasteiger partial charge in [0.2, 0.25) is 0 Å². The van der Waals surface area contributed by atoms with Gasteiger partial charge in [-0.05, 0) is 76.3 Å². The van der Waals surface area contributed by atoms with Crippen molar-refractivity contribution in [1.82, 2.24) is 15.2 Å². The summed E-state index contributed by atoms with van der Waals surface area (Å²) in [6, 6.07) is 20.0. The third-order valence-corrected chi connectivity index (χ3v) is 8.86. The first-order chi connectivity index (χ1) is 21.5. The molecule has 0 aliphatic carbocycles. The largest absolute Gasteiger partial charge is 0.444 e. The van der Waals surface area contributed by atoms with Crippen LogP contribution < -0.4 is 11.1 Å². The minimum atomic E-state index is -0.990. The van der Waals surface area contributed by atoms with Gasteiger partial charge in [0, 0.05) is 31.7 Å². The Morgan fingerprint density at radius 1 is 0.978 bits per heavy atom. The first-order valence-corrected chi connectivity index (χ1v) is 16.6. The number of piperidine rings is 1. The molecule has 0 bridgehead atoms. The van der Waals surface area contributed by atoms with E-state index >= 15 is 0 Å². The maximum absolute atomic E-state index is 13.8. The fraction of sp³-hybridized carbons (Fsp3) is 0.486. The Hall–Kier alpha value is -3.76. The highest BCUT2D eigenvalue weighted by Gasteiger charge is 2.40. The molecule has 2 heterocycles. The second kappa shape index (κ2) is 16.0. The lowest BCUT2D eigenvalue weighted by Crippen LogP contribution is -2.57. The number of rotatable bonds is 13. The molecule has 0 spiro atoms. The van der Waals surface area contributed by atoms with E-state index in [0.29, 0.717) is 51.6 Å². The molecule has 10 heteroatoms. The molecule has 9 nitrogen and oxygen atoms in total. The molecule has 1 fully saturated rings. The van der Waals surface area contributed by atoms with Gasteiger partial charge in [-0.1, -0.05) is 60.7 Å². The molecule has 2 amide bonds. The van der Waals surface area contributed by atoms with E-state index in [4.69, 9.17) is 15.2 Å². The molecule has 0 saturated carbocycles. The van der Waals surface area contributed by atoms with Gasteiger partial charge in [0.05, 0.1) is 15.9 Å². The smallest absolute Gasteiger partial charge is 0.410 e. The summed E-state index contributed by atoms with van der Waals surface area (Å²) in [4.78, 5) is 45.7. The Kier molecular flexibility index (Phi) is 12.1. The van der Waals surface area contributed by atoms with Crippen LogP contribution in [0.2, 0.25) is 0 Å². The lowest BCUT2D eigenvalue weighted by molar-refractivity contribution is -0.127. The van der Waals surface area contributed by atoms with Crippen molar-refractivity contribution >= 4 is 29.3 Å². The summed E-state index contributed by atoms with van der Waals surface area (Å²) in [6.07, 6.45) is 4.71. The number of carbonyl (C=O) groups is 3. The van der Waals surface area contributed by atoms with Crippen LogP contribution in [0, 0.1) is 5.92 Å². The summed E-state index contributed by atoms with van der Waals surface area (Å²) in [5.41, 5.74) is 9.12. The van der Waals surface area contributed by atoms with Crippen LogP contribution in [0.3, 0.4) is 0 Å². The minimum absolute atomic E-state index is 0.0174. The van der Waals surface area contributed by atoms with E-state index in [1.54, 1.807) is 16.6 Å². The minimum Gasteiger partial charge on any atom is -0.444 e. The molecule has 1 aromatic heterocycles. The summed E-state index contributed by atoms with van der Waals surface area (Å²) in [5.74, 6) is 0.0429. The Balaban J connectivity index is 1.41. The van der Waals surface area contributed by atoms with E-state index in [1.165, 1.54) is 11.3 Å². The predicted octanol–water partition coefficient (Wildman–Crippen LogP) is 6.31. The number of likely N-dealkylation sites (tertiary alicyclic amines) is 1. The van der Waals surface area contributed by atoms with Crippen molar-refractivity contribution in [2.24, 2.45) is 11.7 Å². The SMILES string of the molecule is CC(C)(C)OC(=O)N1CCC(N)(C(=O)C[C@H](CC[C@H](Cc2ccccc2)NC(=O)OCc2cncs2)Cc2ccccc2)CC1. The molecular formula is C35H46N4O5S. The van der Waals surface area contributed by atoms with Gasteiger partial charge in [-0.25, -0.2) is 9.59 Å². The van der Waals surface area contributed by atoms with Gasteiger partial charge in [-0.15, -0.1) is 11.3 Å². The van der Waals surface area contributed by atoms with Crippen LogP contribution in [-0.2, 0) is 33.7 Å². The number of nitrogens with two attached hydrogens (primary N) is 1. The molecule has 2 atom stereocenters. The summed E-state index contributed by atoms with van der Waals surface area (Å²) in [7, 11) is 0. The molecule has 2 aromatic carbocycles. The monoisotopic (exact) mass is 634 g/mol. The van der Waals surface area contributed by atoms with E-state index in [2.05, 4.69) is 22.4 Å². The second-order valence-corrected chi connectivity index (χ2v) is 13.9. The molecule has 242 valence electrons. The van der Waals surface area contributed by atoms with Gasteiger partial charge in [0.15, 0.2) is 5.78 Å². The van der Waals surface area contributed by atoms with Crippen LogP contribution in [0.4, 0.5) is 9.59 Å². The zero-order chi connectivity index (χ0) is 32.3. The van der Waals surface area contributed by atoms with Gasteiger partial charge in [0.25, 0.3) is 0 Å². The van der Waals surface area contributed by atoms with Crippen molar-refractivity contribution in [2.45, 2.75) is 89.5 Å². The second-order valence-electron chi connectivity index (χ2n) is 13.0. The average molecular weight is 635 g/mol. The van der Waals surface area contributed by atoms with Gasteiger partial charge >= 0.3 is 12.2 Å². The maximum Gasteiger partial charge on any atom is 0.410 e. The van der Waals surface area contributed by atoms with Crippen LogP contribution >= 0.6 is 11.3 Å². The number of carbonyl (C=O) groups excluding carboxylic acids is 3. The fourth-order valence-electron chi connectivity index (χ4n) is 5.60. The maximum atomic E-state index is 13.8. The normalized spacial score (nSPS) is 16.0.